The Kier molecular flexibility index (Phi) is 5.37. The third kappa shape index (κ3) is 3.26. The van der Waals surface area contributed by atoms with Gasteiger partial charge in [-0.1, -0.05) is 52.2 Å². The second-order valence-electron chi connectivity index (χ2n) is 4.56. The Morgan fingerprint density at radius 2 is 1.62 bits per heavy atom. The van der Waals surface area contributed by atoms with Crippen molar-refractivity contribution in [1.29, 1.82) is 0 Å². The summed E-state index contributed by atoms with van der Waals surface area (Å²) < 4.78 is 0. The van der Waals surface area contributed by atoms with Gasteiger partial charge in [-0.15, -0.1) is 0 Å². The monoisotopic (exact) mass is 220 g/mol. The zero-order valence-electron chi connectivity index (χ0n) is 10.7. The largest absolute Gasteiger partial charge is 0.508 e. The van der Waals surface area contributed by atoms with E-state index in [1.165, 1.54) is 31.2 Å². The maximum atomic E-state index is 9.31. The summed E-state index contributed by atoms with van der Waals surface area (Å²) in [6.45, 7) is 6.80. The normalized spacial score (nSPS) is 14.7. The van der Waals surface area contributed by atoms with E-state index in [9.17, 15) is 5.11 Å². The Morgan fingerprint density at radius 1 is 1.00 bits per heavy atom. The Bertz CT molecular complexity index is 289. The summed E-state index contributed by atoms with van der Waals surface area (Å²) in [7, 11) is 0. The first-order chi connectivity index (χ1) is 7.72. The summed E-state index contributed by atoms with van der Waals surface area (Å²) in [6, 6.07) is 7.75. The van der Waals surface area contributed by atoms with E-state index in [0.29, 0.717) is 11.7 Å². The zero-order valence-corrected chi connectivity index (χ0v) is 10.7. The van der Waals surface area contributed by atoms with Crippen molar-refractivity contribution in [3.63, 3.8) is 0 Å². The number of phenols is 1. The van der Waals surface area contributed by atoms with E-state index in [1.807, 2.05) is 0 Å². The predicted octanol–water partition coefficient (Wildman–Crippen LogP) is 4.71. The highest BCUT2D eigenvalue weighted by Crippen LogP contribution is 2.33. The van der Waals surface area contributed by atoms with Gasteiger partial charge < -0.3 is 5.11 Å². The number of hydrogen-bond donors (Lipinski definition) is 1. The van der Waals surface area contributed by atoms with Gasteiger partial charge in [-0.05, 0) is 36.0 Å². The summed E-state index contributed by atoms with van der Waals surface area (Å²) in [5.41, 5.74) is 1.38. The molecule has 0 heterocycles. The van der Waals surface area contributed by atoms with Crippen molar-refractivity contribution in [3.05, 3.63) is 29.8 Å². The molecule has 1 N–H and O–H groups in total. The van der Waals surface area contributed by atoms with Gasteiger partial charge in [0.1, 0.15) is 5.75 Å². The lowest BCUT2D eigenvalue weighted by atomic mass is 9.80. The van der Waals surface area contributed by atoms with Crippen LogP contribution in [0.5, 0.6) is 5.75 Å². The molecule has 0 aliphatic heterocycles. The third-order valence-corrected chi connectivity index (χ3v) is 3.51. The summed E-state index contributed by atoms with van der Waals surface area (Å²) in [5, 5.41) is 9.31. The van der Waals surface area contributed by atoms with Gasteiger partial charge in [0.05, 0.1) is 0 Å². The smallest absolute Gasteiger partial charge is 0.115 e. The Labute approximate surface area is 99.5 Å². The molecule has 1 aromatic rings. The fourth-order valence-corrected chi connectivity index (χ4v) is 2.62. The summed E-state index contributed by atoms with van der Waals surface area (Å²) >= 11 is 0. The van der Waals surface area contributed by atoms with Crippen LogP contribution in [0, 0.1) is 5.92 Å². The standard InChI is InChI=1S/C15H24O/c1-4-7-12(5-2)15(6-3)13-8-10-14(16)11-9-13/h8-12,15-16H,4-7H2,1-3H3. The van der Waals surface area contributed by atoms with Crippen molar-refractivity contribution in [2.24, 2.45) is 5.92 Å². The molecule has 0 fully saturated rings. The molecular weight excluding hydrogens is 196 g/mol. The molecule has 0 aliphatic rings. The molecule has 1 nitrogen and oxygen atoms in total. The predicted molar refractivity (Wildman–Crippen MR) is 69.8 cm³/mol. The molecule has 2 unspecified atom stereocenters. The minimum atomic E-state index is 0.363. The van der Waals surface area contributed by atoms with Crippen LogP contribution in [0.25, 0.3) is 0 Å². The number of rotatable bonds is 6. The van der Waals surface area contributed by atoms with Gasteiger partial charge in [0.25, 0.3) is 0 Å². The van der Waals surface area contributed by atoms with Crippen LogP contribution in [-0.4, -0.2) is 5.11 Å². The molecule has 0 radical (unpaired) electrons. The molecule has 0 saturated heterocycles. The van der Waals surface area contributed by atoms with Crippen molar-refractivity contribution in [2.75, 3.05) is 0 Å². The van der Waals surface area contributed by atoms with Gasteiger partial charge in [0, 0.05) is 0 Å². The van der Waals surface area contributed by atoms with Gasteiger partial charge >= 0.3 is 0 Å². The first-order valence-electron chi connectivity index (χ1n) is 6.51. The van der Waals surface area contributed by atoms with Crippen molar-refractivity contribution >= 4 is 0 Å². The molecule has 0 aliphatic carbocycles. The molecule has 90 valence electrons. The van der Waals surface area contributed by atoms with E-state index in [1.54, 1.807) is 12.1 Å². The fraction of sp³-hybridized carbons (Fsp3) is 0.600. The van der Waals surface area contributed by atoms with Crippen LogP contribution in [0.3, 0.4) is 0 Å². The van der Waals surface area contributed by atoms with Crippen LogP contribution in [0.4, 0.5) is 0 Å². The highest BCUT2D eigenvalue weighted by Gasteiger charge is 2.19. The average Bonchev–Trinajstić information content (AvgIpc) is 2.31. The maximum Gasteiger partial charge on any atom is 0.115 e. The van der Waals surface area contributed by atoms with Crippen molar-refractivity contribution in [3.8, 4) is 5.75 Å². The summed E-state index contributed by atoms with van der Waals surface area (Å²) in [6.07, 6.45) is 4.99. The van der Waals surface area contributed by atoms with Crippen LogP contribution in [0.1, 0.15) is 57.9 Å². The third-order valence-electron chi connectivity index (χ3n) is 3.51. The Morgan fingerprint density at radius 3 is 2.06 bits per heavy atom. The number of phenolic OH excluding ortho intramolecular Hbond substituents is 1. The molecule has 16 heavy (non-hydrogen) atoms. The molecule has 0 saturated carbocycles. The Balaban J connectivity index is 2.83. The van der Waals surface area contributed by atoms with Gasteiger partial charge in [0.15, 0.2) is 0 Å². The highest BCUT2D eigenvalue weighted by atomic mass is 16.3. The second kappa shape index (κ2) is 6.57. The zero-order chi connectivity index (χ0) is 12.0. The van der Waals surface area contributed by atoms with Gasteiger partial charge in [-0.2, -0.15) is 0 Å². The van der Waals surface area contributed by atoms with Crippen molar-refractivity contribution in [1.82, 2.24) is 0 Å². The van der Waals surface area contributed by atoms with Crippen LogP contribution in [0.15, 0.2) is 24.3 Å². The van der Waals surface area contributed by atoms with E-state index in [0.717, 1.165) is 5.92 Å². The van der Waals surface area contributed by atoms with Crippen LogP contribution >= 0.6 is 0 Å². The quantitative estimate of drug-likeness (QED) is 0.736. The van der Waals surface area contributed by atoms with Crippen LogP contribution < -0.4 is 0 Å². The van der Waals surface area contributed by atoms with Gasteiger partial charge in [-0.3, -0.25) is 0 Å². The van der Waals surface area contributed by atoms with Crippen LogP contribution in [-0.2, 0) is 0 Å². The molecule has 2 atom stereocenters. The average molecular weight is 220 g/mol. The van der Waals surface area contributed by atoms with E-state index >= 15 is 0 Å². The van der Waals surface area contributed by atoms with Crippen molar-refractivity contribution in [2.45, 2.75) is 52.4 Å². The van der Waals surface area contributed by atoms with Crippen molar-refractivity contribution < 1.29 is 5.11 Å². The van der Waals surface area contributed by atoms with E-state index in [4.69, 9.17) is 0 Å². The first-order valence-corrected chi connectivity index (χ1v) is 6.51. The lowest BCUT2D eigenvalue weighted by molar-refractivity contribution is 0.370. The summed E-state index contributed by atoms with van der Waals surface area (Å²) in [5.74, 6) is 1.78. The molecule has 1 aromatic carbocycles. The topological polar surface area (TPSA) is 20.2 Å². The lowest BCUT2D eigenvalue weighted by Gasteiger charge is -2.25. The molecule has 0 aromatic heterocycles. The maximum absolute atomic E-state index is 9.31. The molecular formula is C15H24O. The van der Waals surface area contributed by atoms with Gasteiger partial charge in [0.2, 0.25) is 0 Å². The number of aromatic hydroxyl groups is 1. The SMILES string of the molecule is CCCC(CC)C(CC)c1ccc(O)cc1. The molecule has 1 heteroatoms. The number of hydrogen-bond acceptors (Lipinski definition) is 1. The minimum Gasteiger partial charge on any atom is -0.508 e. The first kappa shape index (κ1) is 13.1. The van der Waals surface area contributed by atoms with Gasteiger partial charge in [-0.25, -0.2) is 0 Å². The molecule has 0 amide bonds. The van der Waals surface area contributed by atoms with E-state index in [-0.39, 0.29) is 0 Å². The van der Waals surface area contributed by atoms with E-state index < -0.39 is 0 Å². The summed E-state index contributed by atoms with van der Waals surface area (Å²) in [4.78, 5) is 0. The van der Waals surface area contributed by atoms with Crippen LogP contribution in [0.2, 0.25) is 0 Å². The Hall–Kier alpha value is -0.980. The minimum absolute atomic E-state index is 0.363. The second-order valence-corrected chi connectivity index (χ2v) is 4.56. The molecule has 0 bridgehead atoms. The lowest BCUT2D eigenvalue weighted by Crippen LogP contribution is -2.11. The molecule has 0 spiro atoms. The van der Waals surface area contributed by atoms with E-state index in [2.05, 4.69) is 32.9 Å². The number of benzene rings is 1. The highest BCUT2D eigenvalue weighted by molar-refractivity contribution is 5.28. The fourth-order valence-electron chi connectivity index (χ4n) is 2.62. The molecule has 1 rings (SSSR count).